The Morgan fingerprint density at radius 2 is 2.00 bits per heavy atom. The van der Waals surface area contributed by atoms with Crippen molar-refractivity contribution in [2.75, 3.05) is 11.4 Å². The third-order valence-electron chi connectivity index (χ3n) is 4.57. The van der Waals surface area contributed by atoms with Crippen molar-refractivity contribution in [2.45, 2.75) is 33.2 Å². The van der Waals surface area contributed by atoms with Crippen molar-refractivity contribution in [3.05, 3.63) is 64.4 Å². The fourth-order valence-electron chi connectivity index (χ4n) is 3.49. The lowest BCUT2D eigenvalue weighted by atomic mass is 9.88. The van der Waals surface area contributed by atoms with Gasteiger partial charge in [-0.15, -0.1) is 0 Å². The van der Waals surface area contributed by atoms with Gasteiger partial charge in [0.2, 0.25) is 0 Å². The highest BCUT2D eigenvalue weighted by Gasteiger charge is 2.30. The summed E-state index contributed by atoms with van der Waals surface area (Å²) in [6, 6.07) is 10.3. The van der Waals surface area contributed by atoms with Gasteiger partial charge in [-0.25, -0.2) is 4.39 Å². The van der Waals surface area contributed by atoms with E-state index in [1.807, 2.05) is 6.07 Å². The van der Waals surface area contributed by atoms with Crippen LogP contribution in [-0.4, -0.2) is 18.3 Å². The molecule has 0 spiro atoms. The van der Waals surface area contributed by atoms with Crippen molar-refractivity contribution in [3.63, 3.8) is 0 Å². The molecule has 0 atom stereocenters. The summed E-state index contributed by atoms with van der Waals surface area (Å²) in [4.78, 5) is 6.70. The number of aliphatic imine (C=N–C) groups is 1. The number of likely N-dealkylation sites (N-methyl/N-ethyl adjacent to an activating group) is 1. The maximum absolute atomic E-state index is 13.3. The van der Waals surface area contributed by atoms with E-state index in [0.29, 0.717) is 10.7 Å². The first-order valence-corrected chi connectivity index (χ1v) is 8.80. The number of halogens is 2. The van der Waals surface area contributed by atoms with Gasteiger partial charge in [-0.3, -0.25) is 4.99 Å². The molecule has 3 rings (SSSR count). The smallest absolute Gasteiger partial charge is 0.125 e. The SMILES string of the molecule is CCN1c2cc(Cl)c(C=Nc3cccc(F)c3)cc2C(C)=CC1(C)C. The van der Waals surface area contributed by atoms with Crippen molar-refractivity contribution in [3.8, 4) is 0 Å². The highest BCUT2D eigenvalue weighted by atomic mass is 35.5. The van der Waals surface area contributed by atoms with Gasteiger partial charge in [0.1, 0.15) is 5.82 Å². The standard InChI is InChI=1S/C21H22ClFN2/c1-5-25-20-11-19(22)15(9-18(20)14(2)12-21(25,3)4)13-24-17-8-6-7-16(23)10-17/h6-13H,5H2,1-4H3. The Morgan fingerprint density at radius 3 is 2.68 bits per heavy atom. The number of anilines is 1. The fraction of sp³-hybridized carbons (Fsp3) is 0.286. The van der Waals surface area contributed by atoms with Crippen molar-refractivity contribution in [1.29, 1.82) is 0 Å². The summed E-state index contributed by atoms with van der Waals surface area (Å²) in [7, 11) is 0. The number of allylic oxidation sites excluding steroid dienone is 1. The first-order valence-electron chi connectivity index (χ1n) is 8.42. The minimum Gasteiger partial charge on any atom is -0.363 e. The summed E-state index contributed by atoms with van der Waals surface area (Å²) in [6.07, 6.45) is 3.97. The van der Waals surface area contributed by atoms with Crippen molar-refractivity contribution >= 4 is 34.8 Å². The fourth-order valence-corrected chi connectivity index (χ4v) is 3.70. The molecule has 2 nitrogen and oxygen atoms in total. The molecular weight excluding hydrogens is 335 g/mol. The monoisotopic (exact) mass is 356 g/mol. The van der Waals surface area contributed by atoms with E-state index in [0.717, 1.165) is 23.4 Å². The summed E-state index contributed by atoms with van der Waals surface area (Å²) in [5.41, 5.74) is 4.87. The number of fused-ring (bicyclic) bond motifs is 1. The van der Waals surface area contributed by atoms with Gasteiger partial charge in [0.05, 0.1) is 16.2 Å². The maximum atomic E-state index is 13.3. The molecule has 0 fully saturated rings. The molecule has 1 aliphatic rings. The molecule has 4 heteroatoms. The molecule has 0 amide bonds. The van der Waals surface area contributed by atoms with E-state index >= 15 is 0 Å². The topological polar surface area (TPSA) is 15.6 Å². The van der Waals surface area contributed by atoms with Crippen LogP contribution in [0.1, 0.15) is 38.8 Å². The summed E-state index contributed by atoms with van der Waals surface area (Å²) >= 11 is 6.51. The predicted molar refractivity (Wildman–Crippen MR) is 106 cm³/mol. The normalized spacial score (nSPS) is 16.1. The molecule has 2 aromatic rings. The molecule has 0 N–H and O–H groups in total. The summed E-state index contributed by atoms with van der Waals surface area (Å²) in [6.45, 7) is 9.57. The zero-order valence-electron chi connectivity index (χ0n) is 15.0. The van der Waals surface area contributed by atoms with Crippen LogP contribution in [0.15, 0.2) is 47.5 Å². The van der Waals surface area contributed by atoms with Gasteiger partial charge in [0.15, 0.2) is 0 Å². The minimum absolute atomic E-state index is 0.0493. The third kappa shape index (κ3) is 3.47. The highest BCUT2D eigenvalue weighted by Crippen LogP contribution is 2.41. The summed E-state index contributed by atoms with van der Waals surface area (Å²) < 4.78 is 13.3. The average molecular weight is 357 g/mol. The van der Waals surface area contributed by atoms with Crippen LogP contribution in [-0.2, 0) is 0 Å². The van der Waals surface area contributed by atoms with Crippen LogP contribution in [0.25, 0.3) is 5.57 Å². The number of nitrogens with zero attached hydrogens (tertiary/aromatic N) is 2. The second-order valence-electron chi connectivity index (χ2n) is 6.85. The minimum atomic E-state index is -0.300. The first kappa shape index (κ1) is 17.7. The molecule has 25 heavy (non-hydrogen) atoms. The van der Waals surface area contributed by atoms with E-state index in [-0.39, 0.29) is 11.4 Å². The Hall–Kier alpha value is -2.13. The van der Waals surface area contributed by atoms with Gasteiger partial charge >= 0.3 is 0 Å². The lowest BCUT2D eigenvalue weighted by molar-refractivity contribution is 0.566. The van der Waals surface area contributed by atoms with Gasteiger partial charge in [-0.2, -0.15) is 0 Å². The zero-order valence-corrected chi connectivity index (χ0v) is 15.7. The van der Waals surface area contributed by atoms with Gasteiger partial charge in [0.25, 0.3) is 0 Å². The Kier molecular flexibility index (Phi) is 4.70. The van der Waals surface area contributed by atoms with E-state index in [9.17, 15) is 4.39 Å². The van der Waals surface area contributed by atoms with Crippen LogP contribution >= 0.6 is 11.6 Å². The second-order valence-corrected chi connectivity index (χ2v) is 7.26. The first-order chi connectivity index (χ1) is 11.8. The largest absolute Gasteiger partial charge is 0.363 e. The molecule has 0 aromatic heterocycles. The molecule has 0 radical (unpaired) electrons. The van der Waals surface area contributed by atoms with Crippen molar-refractivity contribution in [1.82, 2.24) is 0 Å². The molecule has 2 aromatic carbocycles. The Balaban J connectivity index is 2.03. The van der Waals surface area contributed by atoms with Crippen LogP contribution in [0, 0.1) is 5.82 Å². The molecule has 0 bridgehead atoms. The van der Waals surface area contributed by atoms with E-state index in [1.54, 1.807) is 18.3 Å². The Bertz CT molecular complexity index is 868. The van der Waals surface area contributed by atoms with Crippen LogP contribution in [0.4, 0.5) is 15.8 Å². The Morgan fingerprint density at radius 1 is 1.24 bits per heavy atom. The number of hydrogen-bond acceptors (Lipinski definition) is 2. The number of hydrogen-bond donors (Lipinski definition) is 0. The molecule has 0 saturated heterocycles. The van der Waals surface area contributed by atoms with Crippen molar-refractivity contribution < 1.29 is 4.39 Å². The zero-order chi connectivity index (χ0) is 18.2. The molecule has 0 aliphatic carbocycles. The molecule has 1 heterocycles. The third-order valence-corrected chi connectivity index (χ3v) is 4.90. The van der Waals surface area contributed by atoms with Gasteiger partial charge < -0.3 is 4.90 Å². The quantitative estimate of drug-likeness (QED) is 0.593. The summed E-state index contributed by atoms with van der Waals surface area (Å²) in [5.74, 6) is -0.300. The van der Waals surface area contributed by atoms with Gasteiger partial charge in [-0.1, -0.05) is 23.7 Å². The number of rotatable bonds is 3. The lowest BCUT2D eigenvalue weighted by Crippen LogP contribution is -2.44. The van der Waals surface area contributed by atoms with Crippen molar-refractivity contribution in [2.24, 2.45) is 4.99 Å². The maximum Gasteiger partial charge on any atom is 0.125 e. The highest BCUT2D eigenvalue weighted by molar-refractivity contribution is 6.33. The van der Waals surface area contributed by atoms with E-state index in [1.165, 1.54) is 17.7 Å². The molecule has 1 aliphatic heterocycles. The van der Waals surface area contributed by atoms with Crippen LogP contribution in [0.2, 0.25) is 5.02 Å². The molecule has 0 unspecified atom stereocenters. The van der Waals surface area contributed by atoms with Crippen LogP contribution in [0.5, 0.6) is 0 Å². The van der Waals surface area contributed by atoms with Gasteiger partial charge in [0, 0.05) is 29.6 Å². The Labute approximate surface area is 153 Å². The van der Waals surface area contributed by atoms with Gasteiger partial charge in [-0.05, 0) is 63.6 Å². The average Bonchev–Trinajstić information content (AvgIpc) is 2.53. The molecular formula is C21H22ClFN2. The lowest BCUT2D eigenvalue weighted by Gasteiger charge is -2.43. The van der Waals surface area contributed by atoms with E-state index < -0.39 is 0 Å². The molecule has 0 saturated carbocycles. The van der Waals surface area contributed by atoms with Crippen LogP contribution < -0.4 is 4.90 Å². The number of benzene rings is 2. The van der Waals surface area contributed by atoms with Crippen LogP contribution in [0.3, 0.4) is 0 Å². The second kappa shape index (κ2) is 6.64. The predicted octanol–water partition coefficient (Wildman–Crippen LogP) is 6.25. The summed E-state index contributed by atoms with van der Waals surface area (Å²) in [5, 5.41) is 0.642. The molecule has 130 valence electrons. The van der Waals surface area contributed by atoms with E-state index in [2.05, 4.69) is 49.7 Å². The van der Waals surface area contributed by atoms with E-state index in [4.69, 9.17) is 11.6 Å².